The maximum Gasteiger partial charge on any atom is 0.337 e. The number of benzene rings is 2. The highest BCUT2D eigenvalue weighted by Gasteiger charge is 2.36. The normalized spacial score (nSPS) is 15.6. The second-order valence-electron chi connectivity index (χ2n) is 9.07. The average molecular weight is 569 g/mol. The molecule has 1 aliphatic heterocycles. The fourth-order valence-electron chi connectivity index (χ4n) is 3.85. The molecule has 188 valence electrons. The molecule has 0 fully saturated rings. The number of halogens is 1. The van der Waals surface area contributed by atoms with Crippen molar-refractivity contribution < 1.29 is 14.3 Å². The van der Waals surface area contributed by atoms with Crippen LogP contribution < -0.4 is 10.6 Å². The number of rotatable bonds is 8. The van der Waals surface area contributed by atoms with Crippen molar-refractivity contribution in [3.63, 3.8) is 0 Å². The summed E-state index contributed by atoms with van der Waals surface area (Å²) in [5, 5.41) is 16.8. The maximum absolute atomic E-state index is 13.1. The Kier molecular flexibility index (Phi) is 9.41. The molecular weight excluding hydrogens is 538 g/mol. The van der Waals surface area contributed by atoms with Gasteiger partial charge in [-0.1, -0.05) is 65.8 Å². The molecule has 3 rings (SSSR count). The monoisotopic (exact) mass is 567 g/mol. The van der Waals surface area contributed by atoms with Gasteiger partial charge in [0.1, 0.15) is 0 Å². The van der Waals surface area contributed by atoms with Crippen molar-refractivity contribution >= 4 is 45.3 Å². The van der Waals surface area contributed by atoms with Crippen molar-refractivity contribution in [2.45, 2.75) is 52.6 Å². The lowest BCUT2D eigenvalue weighted by molar-refractivity contribution is -0.143. The van der Waals surface area contributed by atoms with Gasteiger partial charge in [-0.15, -0.1) is 0 Å². The van der Waals surface area contributed by atoms with Crippen LogP contribution in [0.3, 0.4) is 0 Å². The highest BCUT2D eigenvalue weighted by Crippen LogP contribution is 2.41. The van der Waals surface area contributed by atoms with Crippen LogP contribution in [0.1, 0.15) is 57.6 Å². The zero-order valence-corrected chi connectivity index (χ0v) is 23.4. The first kappa shape index (κ1) is 27.6. The van der Waals surface area contributed by atoms with E-state index in [0.29, 0.717) is 33.5 Å². The van der Waals surface area contributed by atoms with E-state index in [-0.39, 0.29) is 17.8 Å². The van der Waals surface area contributed by atoms with Gasteiger partial charge in [0.05, 0.1) is 40.0 Å². The lowest BCUT2D eigenvalue weighted by Gasteiger charge is -2.30. The van der Waals surface area contributed by atoms with E-state index in [1.807, 2.05) is 48.5 Å². The third-order valence-electron chi connectivity index (χ3n) is 5.62. The van der Waals surface area contributed by atoms with Gasteiger partial charge < -0.3 is 15.4 Å². The van der Waals surface area contributed by atoms with E-state index in [1.165, 1.54) is 17.3 Å². The molecule has 1 atom stereocenters. The molecule has 0 bridgehead atoms. The number of esters is 1. The van der Waals surface area contributed by atoms with Gasteiger partial charge in [0.2, 0.25) is 5.91 Å². The molecule has 0 radical (unpaired) electrons. The second kappa shape index (κ2) is 12.3. The Morgan fingerprint density at radius 1 is 1.11 bits per heavy atom. The van der Waals surface area contributed by atoms with Crippen molar-refractivity contribution in [1.29, 1.82) is 5.26 Å². The summed E-state index contributed by atoms with van der Waals surface area (Å²) in [5.74, 6) is -0.797. The number of thioether (sulfide) groups is 1. The molecule has 1 aliphatic rings. The molecule has 6 nitrogen and oxygen atoms in total. The number of hydrogen-bond acceptors (Lipinski definition) is 6. The summed E-state index contributed by atoms with van der Waals surface area (Å²) in [4.78, 5) is 25.7. The maximum atomic E-state index is 13.1. The van der Waals surface area contributed by atoms with Crippen LogP contribution in [-0.4, -0.2) is 23.7 Å². The number of nitrogens with zero attached hydrogens (tertiary/aromatic N) is 1. The van der Waals surface area contributed by atoms with E-state index >= 15 is 0 Å². The number of dihydropyridines is 1. The summed E-state index contributed by atoms with van der Waals surface area (Å²) in [6.45, 7) is 9.61. The molecule has 8 heteroatoms. The fraction of sp³-hybridized carbons (Fsp3) is 0.321. The van der Waals surface area contributed by atoms with E-state index in [1.54, 1.807) is 20.8 Å². The molecular formula is C28H30BrN3O3S. The molecule has 2 aromatic carbocycles. The Balaban J connectivity index is 1.92. The Labute approximate surface area is 225 Å². The molecule has 0 unspecified atom stereocenters. The minimum Gasteiger partial charge on any atom is -0.460 e. The number of carbonyl (C=O) groups excluding carboxylic acids is 2. The predicted octanol–water partition coefficient (Wildman–Crippen LogP) is 6.59. The topological polar surface area (TPSA) is 91.2 Å². The van der Waals surface area contributed by atoms with Gasteiger partial charge in [-0.3, -0.25) is 4.79 Å². The van der Waals surface area contributed by atoms with Crippen LogP contribution in [0.5, 0.6) is 0 Å². The molecule has 2 N–H and O–H groups in total. The Morgan fingerprint density at radius 3 is 2.31 bits per heavy atom. The van der Waals surface area contributed by atoms with Crippen molar-refractivity contribution in [2.75, 3.05) is 11.1 Å². The SMILES string of the molecule is CC1=C(C(=O)OC(C)C)[C@@H](c2ccc(C(C)C)cc2)C(C#N)=C(SCC(=O)Nc2ccc(Br)cc2)N1. The molecule has 0 aliphatic carbocycles. The first-order chi connectivity index (χ1) is 17.1. The quantitative estimate of drug-likeness (QED) is 0.349. The predicted molar refractivity (Wildman–Crippen MR) is 148 cm³/mol. The van der Waals surface area contributed by atoms with Crippen molar-refractivity contribution in [3.05, 3.63) is 86.0 Å². The van der Waals surface area contributed by atoms with Gasteiger partial charge in [0.15, 0.2) is 0 Å². The molecule has 36 heavy (non-hydrogen) atoms. The van der Waals surface area contributed by atoms with Crippen molar-refractivity contribution in [3.8, 4) is 6.07 Å². The van der Waals surface area contributed by atoms with Crippen LogP contribution in [-0.2, 0) is 14.3 Å². The Bertz CT molecular complexity index is 1230. The van der Waals surface area contributed by atoms with E-state index in [0.717, 1.165) is 10.0 Å². The van der Waals surface area contributed by atoms with Crippen LogP contribution in [0.25, 0.3) is 0 Å². The number of hydrogen-bond donors (Lipinski definition) is 2. The fourth-order valence-corrected chi connectivity index (χ4v) is 5.01. The Hall–Kier alpha value is -3.02. The second-order valence-corrected chi connectivity index (χ2v) is 11.0. The van der Waals surface area contributed by atoms with Crippen LogP contribution in [0.15, 0.2) is 74.9 Å². The van der Waals surface area contributed by atoms with Crippen molar-refractivity contribution in [1.82, 2.24) is 5.32 Å². The molecule has 0 aromatic heterocycles. The van der Waals surface area contributed by atoms with Gasteiger partial charge >= 0.3 is 5.97 Å². The minimum atomic E-state index is -0.597. The highest BCUT2D eigenvalue weighted by molar-refractivity contribution is 9.10. The van der Waals surface area contributed by atoms with Gasteiger partial charge in [0, 0.05) is 15.9 Å². The van der Waals surface area contributed by atoms with Crippen LogP contribution >= 0.6 is 27.7 Å². The van der Waals surface area contributed by atoms with Crippen LogP contribution in [0.2, 0.25) is 0 Å². The highest BCUT2D eigenvalue weighted by atomic mass is 79.9. The number of nitriles is 1. The first-order valence-corrected chi connectivity index (χ1v) is 13.5. The Morgan fingerprint density at radius 2 is 1.75 bits per heavy atom. The van der Waals surface area contributed by atoms with Gasteiger partial charge in [-0.25, -0.2) is 4.79 Å². The van der Waals surface area contributed by atoms with Gasteiger partial charge in [-0.2, -0.15) is 5.26 Å². The number of allylic oxidation sites excluding steroid dienone is 2. The summed E-state index contributed by atoms with van der Waals surface area (Å²) in [5.41, 5.74) is 4.07. The van der Waals surface area contributed by atoms with Gasteiger partial charge in [0.25, 0.3) is 0 Å². The summed E-state index contributed by atoms with van der Waals surface area (Å²) in [6.07, 6.45) is -0.297. The summed E-state index contributed by atoms with van der Waals surface area (Å²) in [7, 11) is 0. The largest absolute Gasteiger partial charge is 0.460 e. The number of amides is 1. The lowest BCUT2D eigenvalue weighted by atomic mass is 9.82. The zero-order valence-electron chi connectivity index (χ0n) is 21.0. The van der Waals surface area contributed by atoms with Crippen LogP contribution in [0.4, 0.5) is 5.69 Å². The van der Waals surface area contributed by atoms with E-state index in [2.05, 4.69) is 46.5 Å². The third-order valence-corrected chi connectivity index (χ3v) is 7.17. The molecule has 0 saturated heterocycles. The lowest BCUT2D eigenvalue weighted by Crippen LogP contribution is -2.30. The standard InChI is InChI=1S/C28H30BrN3O3S/c1-16(2)19-6-8-20(9-7-19)26-23(14-30)27(31-18(5)25(26)28(34)35-17(3)4)36-15-24(33)32-22-12-10-21(29)11-13-22/h6-13,16-17,26,31H,15H2,1-5H3,(H,32,33)/t26-/m0/s1. The number of ether oxygens (including phenoxy) is 1. The summed E-state index contributed by atoms with van der Waals surface area (Å²) < 4.78 is 6.45. The van der Waals surface area contributed by atoms with E-state index in [4.69, 9.17) is 4.74 Å². The van der Waals surface area contributed by atoms with E-state index < -0.39 is 11.9 Å². The minimum absolute atomic E-state index is 0.0988. The third kappa shape index (κ3) is 6.80. The first-order valence-electron chi connectivity index (χ1n) is 11.7. The zero-order chi connectivity index (χ0) is 26.4. The van der Waals surface area contributed by atoms with Crippen molar-refractivity contribution in [2.24, 2.45) is 0 Å². The van der Waals surface area contributed by atoms with E-state index in [9.17, 15) is 14.9 Å². The molecule has 1 heterocycles. The van der Waals surface area contributed by atoms with Crippen LogP contribution in [0, 0.1) is 11.3 Å². The van der Waals surface area contributed by atoms with Gasteiger partial charge in [-0.05, 0) is 62.1 Å². The molecule has 2 aromatic rings. The smallest absolute Gasteiger partial charge is 0.337 e. The number of nitrogens with one attached hydrogen (secondary N) is 2. The molecule has 0 saturated carbocycles. The molecule has 0 spiro atoms. The summed E-state index contributed by atoms with van der Waals surface area (Å²) >= 11 is 4.62. The number of anilines is 1. The number of carbonyl (C=O) groups is 2. The molecule has 1 amide bonds. The average Bonchev–Trinajstić information content (AvgIpc) is 2.83. The summed E-state index contributed by atoms with van der Waals surface area (Å²) in [6, 6.07) is 17.6.